The largest absolute Gasteiger partial charge is 0.495 e. The van der Waals surface area contributed by atoms with E-state index in [-0.39, 0.29) is 0 Å². The number of aliphatic hydroxyl groups excluding tert-OH is 1. The van der Waals surface area contributed by atoms with Crippen LogP contribution < -0.4 is 9.47 Å². The number of methoxy groups -OCH3 is 2. The van der Waals surface area contributed by atoms with Crippen LogP contribution >= 0.6 is 23.2 Å². The van der Waals surface area contributed by atoms with Crippen LogP contribution in [0.3, 0.4) is 0 Å². The van der Waals surface area contributed by atoms with Crippen LogP contribution in [-0.4, -0.2) is 19.3 Å². The molecule has 0 amide bonds. The molecule has 0 radical (unpaired) electrons. The second-order valence-electron chi connectivity index (χ2n) is 4.67. The lowest BCUT2D eigenvalue weighted by atomic mass is 9.99. The molecular weight excluding hydrogens is 311 g/mol. The van der Waals surface area contributed by atoms with Gasteiger partial charge in [-0.25, -0.2) is 0 Å². The van der Waals surface area contributed by atoms with E-state index in [1.54, 1.807) is 18.2 Å². The standard InChI is InChI=1S/C16H16Cl2O3/c1-9-6-10(8-11(17)7-9)15(19)12-4-5-13(20-2)14(18)16(12)21-3/h4-8,15,19H,1-3H3. The lowest BCUT2D eigenvalue weighted by Gasteiger charge is -2.18. The molecule has 1 N–H and O–H groups in total. The fourth-order valence-electron chi connectivity index (χ4n) is 2.24. The predicted molar refractivity (Wildman–Crippen MR) is 84.8 cm³/mol. The highest BCUT2D eigenvalue weighted by atomic mass is 35.5. The quantitative estimate of drug-likeness (QED) is 0.904. The Morgan fingerprint density at radius 1 is 1.05 bits per heavy atom. The van der Waals surface area contributed by atoms with Gasteiger partial charge in [-0.2, -0.15) is 0 Å². The van der Waals surface area contributed by atoms with Gasteiger partial charge in [-0.3, -0.25) is 0 Å². The van der Waals surface area contributed by atoms with Crippen molar-refractivity contribution < 1.29 is 14.6 Å². The second kappa shape index (κ2) is 6.56. The molecule has 2 aromatic rings. The maximum atomic E-state index is 10.6. The van der Waals surface area contributed by atoms with Crippen molar-refractivity contribution in [2.45, 2.75) is 13.0 Å². The van der Waals surface area contributed by atoms with E-state index < -0.39 is 6.10 Å². The number of hydrogen-bond donors (Lipinski definition) is 1. The van der Waals surface area contributed by atoms with Crippen molar-refractivity contribution in [3.63, 3.8) is 0 Å². The van der Waals surface area contributed by atoms with Gasteiger partial charge in [-0.15, -0.1) is 0 Å². The van der Waals surface area contributed by atoms with Crippen LogP contribution in [0.4, 0.5) is 0 Å². The molecule has 21 heavy (non-hydrogen) atoms. The van der Waals surface area contributed by atoms with Crippen molar-refractivity contribution in [1.29, 1.82) is 0 Å². The molecule has 0 aromatic heterocycles. The zero-order chi connectivity index (χ0) is 15.6. The zero-order valence-electron chi connectivity index (χ0n) is 12.0. The molecule has 0 aliphatic heterocycles. The van der Waals surface area contributed by atoms with Gasteiger partial charge in [0.15, 0.2) is 0 Å². The van der Waals surface area contributed by atoms with Crippen LogP contribution in [0.25, 0.3) is 0 Å². The zero-order valence-corrected chi connectivity index (χ0v) is 13.5. The summed E-state index contributed by atoms with van der Waals surface area (Å²) < 4.78 is 10.5. The SMILES string of the molecule is COc1ccc(C(O)c2cc(C)cc(Cl)c2)c(OC)c1Cl. The Morgan fingerprint density at radius 2 is 1.76 bits per heavy atom. The second-order valence-corrected chi connectivity index (χ2v) is 5.48. The summed E-state index contributed by atoms with van der Waals surface area (Å²) in [6.07, 6.45) is -0.888. The third-order valence-electron chi connectivity index (χ3n) is 3.19. The Kier molecular flexibility index (Phi) is 4.99. The molecule has 1 unspecified atom stereocenters. The maximum Gasteiger partial charge on any atom is 0.147 e. The number of aryl methyl sites for hydroxylation is 1. The fourth-order valence-corrected chi connectivity index (χ4v) is 2.86. The van der Waals surface area contributed by atoms with Crippen LogP contribution in [0.2, 0.25) is 10.0 Å². The van der Waals surface area contributed by atoms with E-state index in [1.165, 1.54) is 14.2 Å². The van der Waals surface area contributed by atoms with E-state index in [4.69, 9.17) is 32.7 Å². The number of ether oxygens (including phenoxy) is 2. The van der Waals surface area contributed by atoms with Gasteiger partial charge in [0, 0.05) is 10.6 Å². The molecule has 0 aliphatic carbocycles. The molecule has 3 nitrogen and oxygen atoms in total. The molecule has 2 aromatic carbocycles. The third-order valence-corrected chi connectivity index (χ3v) is 3.77. The lowest BCUT2D eigenvalue weighted by Crippen LogP contribution is -2.04. The van der Waals surface area contributed by atoms with E-state index in [2.05, 4.69) is 0 Å². The molecule has 0 saturated heterocycles. The molecule has 0 heterocycles. The molecule has 5 heteroatoms. The van der Waals surface area contributed by atoms with Gasteiger partial charge in [-0.1, -0.05) is 29.3 Å². The molecule has 0 saturated carbocycles. The summed E-state index contributed by atoms with van der Waals surface area (Å²) in [6, 6.07) is 8.84. The number of benzene rings is 2. The first kappa shape index (κ1) is 16.0. The van der Waals surface area contributed by atoms with E-state index in [0.29, 0.717) is 32.7 Å². The summed E-state index contributed by atoms with van der Waals surface area (Å²) in [6.45, 7) is 1.92. The number of hydrogen-bond acceptors (Lipinski definition) is 3. The average Bonchev–Trinajstić information content (AvgIpc) is 2.45. The van der Waals surface area contributed by atoms with E-state index in [0.717, 1.165) is 5.56 Å². The number of halogens is 2. The highest BCUT2D eigenvalue weighted by Gasteiger charge is 2.20. The van der Waals surface area contributed by atoms with Crippen LogP contribution in [0.15, 0.2) is 30.3 Å². The van der Waals surface area contributed by atoms with Crippen molar-refractivity contribution in [2.75, 3.05) is 14.2 Å². The van der Waals surface area contributed by atoms with Crippen LogP contribution in [0, 0.1) is 6.92 Å². The highest BCUT2D eigenvalue weighted by Crippen LogP contribution is 2.41. The minimum Gasteiger partial charge on any atom is -0.495 e. The molecule has 1 atom stereocenters. The first-order valence-corrected chi connectivity index (χ1v) is 7.09. The fraction of sp³-hybridized carbons (Fsp3) is 0.250. The summed E-state index contributed by atoms with van der Waals surface area (Å²) in [5, 5.41) is 11.5. The van der Waals surface area contributed by atoms with Gasteiger partial charge in [0.05, 0.1) is 14.2 Å². The molecule has 0 fully saturated rings. The summed E-state index contributed by atoms with van der Waals surface area (Å²) >= 11 is 12.3. The van der Waals surface area contributed by atoms with Crippen LogP contribution in [-0.2, 0) is 0 Å². The molecule has 2 rings (SSSR count). The van der Waals surface area contributed by atoms with Gasteiger partial charge in [0.1, 0.15) is 22.6 Å². The first-order chi connectivity index (χ1) is 9.97. The Balaban J connectivity index is 2.52. The maximum absolute atomic E-state index is 10.6. The monoisotopic (exact) mass is 326 g/mol. The van der Waals surface area contributed by atoms with Crippen molar-refractivity contribution in [1.82, 2.24) is 0 Å². The van der Waals surface area contributed by atoms with E-state index in [9.17, 15) is 5.11 Å². The minimum absolute atomic E-state index is 0.329. The molecule has 0 bridgehead atoms. The van der Waals surface area contributed by atoms with Gasteiger partial charge in [-0.05, 0) is 42.3 Å². The third kappa shape index (κ3) is 3.26. The van der Waals surface area contributed by atoms with Crippen molar-refractivity contribution in [2.24, 2.45) is 0 Å². The minimum atomic E-state index is -0.888. The number of rotatable bonds is 4. The average molecular weight is 327 g/mol. The van der Waals surface area contributed by atoms with Gasteiger partial charge >= 0.3 is 0 Å². The van der Waals surface area contributed by atoms with Crippen molar-refractivity contribution >= 4 is 23.2 Å². The topological polar surface area (TPSA) is 38.7 Å². The van der Waals surface area contributed by atoms with Gasteiger partial charge in [0.25, 0.3) is 0 Å². The molecule has 0 spiro atoms. The first-order valence-electron chi connectivity index (χ1n) is 6.33. The van der Waals surface area contributed by atoms with Crippen molar-refractivity contribution in [3.8, 4) is 11.5 Å². The summed E-state index contributed by atoms with van der Waals surface area (Å²) in [5.41, 5.74) is 2.21. The van der Waals surface area contributed by atoms with Crippen LogP contribution in [0.1, 0.15) is 22.8 Å². The Morgan fingerprint density at radius 3 is 2.33 bits per heavy atom. The van der Waals surface area contributed by atoms with E-state index >= 15 is 0 Å². The molecular formula is C16H16Cl2O3. The Bertz CT molecular complexity index is 636. The lowest BCUT2D eigenvalue weighted by molar-refractivity contribution is 0.214. The van der Waals surface area contributed by atoms with Crippen LogP contribution in [0.5, 0.6) is 11.5 Å². The number of aliphatic hydroxyl groups is 1. The Labute approximate surface area is 134 Å². The molecule has 112 valence electrons. The van der Waals surface area contributed by atoms with Gasteiger partial charge in [0.2, 0.25) is 0 Å². The molecule has 0 aliphatic rings. The summed E-state index contributed by atoms with van der Waals surface area (Å²) in [4.78, 5) is 0. The predicted octanol–water partition coefficient (Wildman–Crippen LogP) is 4.40. The van der Waals surface area contributed by atoms with Gasteiger partial charge < -0.3 is 14.6 Å². The highest BCUT2D eigenvalue weighted by molar-refractivity contribution is 6.33. The summed E-state index contributed by atoms with van der Waals surface area (Å²) in [7, 11) is 3.02. The summed E-state index contributed by atoms with van der Waals surface area (Å²) in [5.74, 6) is 0.882. The van der Waals surface area contributed by atoms with E-state index in [1.807, 2.05) is 19.1 Å². The van der Waals surface area contributed by atoms with Crippen molar-refractivity contribution in [3.05, 3.63) is 57.1 Å². The smallest absolute Gasteiger partial charge is 0.147 e. The normalized spacial score (nSPS) is 12.1. The Hall–Kier alpha value is -1.42.